The number of benzene rings is 2. The summed E-state index contributed by atoms with van der Waals surface area (Å²) in [7, 11) is 0. The lowest BCUT2D eigenvalue weighted by atomic mass is 9.73. The van der Waals surface area contributed by atoms with E-state index in [-0.39, 0.29) is 35.0 Å². The predicted octanol–water partition coefficient (Wildman–Crippen LogP) is 6.71. The summed E-state index contributed by atoms with van der Waals surface area (Å²) in [6.45, 7) is 12.4. The summed E-state index contributed by atoms with van der Waals surface area (Å²) < 4.78 is 7.31. The molecule has 0 aliphatic carbocycles. The van der Waals surface area contributed by atoms with Gasteiger partial charge in [0, 0.05) is 44.5 Å². The molecule has 3 heterocycles. The van der Waals surface area contributed by atoms with E-state index in [1.807, 2.05) is 95.9 Å². The molecule has 1 N–H and O–H groups in total. The highest BCUT2D eigenvalue weighted by Crippen LogP contribution is 2.38. The smallest absolute Gasteiger partial charge is 0.407 e. The molecule has 3 aromatic rings. The van der Waals surface area contributed by atoms with Crippen molar-refractivity contribution in [2.24, 2.45) is 11.3 Å². The number of rotatable bonds is 5. The Balaban J connectivity index is 1.26. The predicted molar refractivity (Wildman–Crippen MR) is 173 cm³/mol. The Morgan fingerprint density at radius 3 is 2.25 bits per heavy atom. The third-order valence-electron chi connectivity index (χ3n) is 9.00. The minimum absolute atomic E-state index is 0.00535. The van der Waals surface area contributed by atoms with E-state index in [4.69, 9.17) is 4.74 Å². The molecular weight excluding hydrogens is 552 g/mol. The molecule has 5 rings (SSSR count). The van der Waals surface area contributed by atoms with Crippen LogP contribution in [0.2, 0.25) is 0 Å². The maximum absolute atomic E-state index is 14.1. The number of hydrogen-bond donors (Lipinski definition) is 1. The van der Waals surface area contributed by atoms with Crippen molar-refractivity contribution in [1.29, 1.82) is 0 Å². The molecule has 0 spiro atoms. The number of alkyl carbamates (subject to hydrolysis) is 1. The van der Waals surface area contributed by atoms with Crippen LogP contribution in [0.15, 0.2) is 83.8 Å². The summed E-state index contributed by atoms with van der Waals surface area (Å²) in [5.74, 6) is 0.250. The number of piperidine rings is 2. The van der Waals surface area contributed by atoms with Crippen molar-refractivity contribution in [3.63, 3.8) is 0 Å². The van der Waals surface area contributed by atoms with Crippen LogP contribution in [-0.2, 0) is 11.3 Å². The van der Waals surface area contributed by atoms with Gasteiger partial charge in [0.25, 0.3) is 5.56 Å². The first kappa shape index (κ1) is 31.4. The Bertz CT molecular complexity index is 1500. The van der Waals surface area contributed by atoms with Gasteiger partial charge in [-0.2, -0.15) is 0 Å². The second-order valence-corrected chi connectivity index (χ2v) is 13.9. The second-order valence-electron chi connectivity index (χ2n) is 13.9. The summed E-state index contributed by atoms with van der Waals surface area (Å²) in [4.78, 5) is 43.7. The van der Waals surface area contributed by atoms with E-state index < -0.39 is 11.7 Å². The molecule has 8 heteroatoms. The molecule has 0 radical (unpaired) electrons. The Morgan fingerprint density at radius 2 is 1.61 bits per heavy atom. The number of ether oxygens (including phenoxy) is 1. The van der Waals surface area contributed by atoms with Crippen LogP contribution < -0.4 is 10.9 Å². The molecule has 2 aliphatic rings. The number of urea groups is 1. The van der Waals surface area contributed by atoms with Crippen molar-refractivity contribution >= 4 is 12.1 Å². The molecule has 1 aromatic heterocycles. The van der Waals surface area contributed by atoms with Crippen LogP contribution >= 0.6 is 0 Å². The highest BCUT2D eigenvalue weighted by molar-refractivity contribution is 5.75. The number of carbonyl (C=O) groups excluding carboxylic acids is 2. The van der Waals surface area contributed by atoms with Crippen LogP contribution in [0, 0.1) is 11.3 Å². The van der Waals surface area contributed by atoms with Crippen molar-refractivity contribution in [2.75, 3.05) is 19.6 Å². The average Bonchev–Trinajstić information content (AvgIpc) is 2.98. The highest BCUT2D eigenvalue weighted by atomic mass is 16.6. The van der Waals surface area contributed by atoms with E-state index in [0.717, 1.165) is 23.1 Å². The first-order valence-electron chi connectivity index (χ1n) is 15.8. The first-order valence-corrected chi connectivity index (χ1v) is 15.8. The Kier molecular flexibility index (Phi) is 9.18. The number of nitrogens with zero attached hydrogens (tertiary/aromatic N) is 3. The summed E-state index contributed by atoms with van der Waals surface area (Å²) in [5.41, 5.74) is 2.26. The normalized spacial score (nSPS) is 21.9. The van der Waals surface area contributed by atoms with Crippen LogP contribution in [0.4, 0.5) is 9.59 Å². The van der Waals surface area contributed by atoms with Crippen LogP contribution in [0.3, 0.4) is 0 Å². The minimum Gasteiger partial charge on any atom is -0.444 e. The number of pyridine rings is 1. The Labute approximate surface area is 261 Å². The van der Waals surface area contributed by atoms with Gasteiger partial charge < -0.3 is 24.4 Å². The molecule has 2 aliphatic heterocycles. The number of amides is 3. The largest absolute Gasteiger partial charge is 0.444 e. The van der Waals surface area contributed by atoms with Gasteiger partial charge in [-0.05, 0) is 74.1 Å². The van der Waals surface area contributed by atoms with E-state index in [2.05, 4.69) is 31.3 Å². The molecular formula is C36H46N4O4. The molecule has 44 heavy (non-hydrogen) atoms. The Hall–Kier alpha value is -4.07. The minimum atomic E-state index is -0.572. The summed E-state index contributed by atoms with van der Waals surface area (Å²) in [6.07, 6.45) is 3.58. The quantitative estimate of drug-likeness (QED) is 0.354. The zero-order valence-corrected chi connectivity index (χ0v) is 26.7. The van der Waals surface area contributed by atoms with Crippen LogP contribution in [-0.4, -0.2) is 57.8 Å². The molecule has 0 saturated carbocycles. The van der Waals surface area contributed by atoms with Gasteiger partial charge >= 0.3 is 12.1 Å². The fourth-order valence-electron chi connectivity index (χ4n) is 6.58. The van der Waals surface area contributed by atoms with E-state index in [1.54, 1.807) is 6.07 Å². The monoisotopic (exact) mass is 598 g/mol. The van der Waals surface area contributed by atoms with Gasteiger partial charge in [0.15, 0.2) is 0 Å². The first-order chi connectivity index (χ1) is 20.9. The summed E-state index contributed by atoms with van der Waals surface area (Å²) >= 11 is 0. The van der Waals surface area contributed by atoms with Gasteiger partial charge in [-0.3, -0.25) is 4.79 Å². The molecule has 3 atom stereocenters. The molecule has 0 bridgehead atoms. The number of likely N-dealkylation sites (tertiary alicyclic amines) is 2. The maximum Gasteiger partial charge on any atom is 0.407 e. The van der Waals surface area contributed by atoms with E-state index in [9.17, 15) is 14.4 Å². The molecule has 2 aromatic carbocycles. The van der Waals surface area contributed by atoms with Gasteiger partial charge in [-0.25, -0.2) is 9.59 Å². The molecule has 8 nitrogen and oxygen atoms in total. The number of aromatic nitrogens is 1. The van der Waals surface area contributed by atoms with Crippen LogP contribution in [0.5, 0.6) is 0 Å². The van der Waals surface area contributed by atoms with E-state index in [1.165, 1.54) is 0 Å². The third kappa shape index (κ3) is 7.52. The molecule has 234 valence electrons. The summed E-state index contributed by atoms with van der Waals surface area (Å²) in [5, 5.41) is 3.03. The lowest BCUT2D eigenvalue weighted by Gasteiger charge is -2.48. The average molecular weight is 599 g/mol. The van der Waals surface area contributed by atoms with Gasteiger partial charge in [0.05, 0.1) is 6.04 Å². The second kappa shape index (κ2) is 12.9. The molecule has 3 amide bonds. The zero-order chi connectivity index (χ0) is 31.5. The fourth-order valence-corrected chi connectivity index (χ4v) is 6.58. The SMILES string of the molecule is CC(C)(C)OC(=O)N[C@@H]1CCN(C(=O)N2CCC(Cn3ccc(-c4ccccc4)cc3=O)C(C)(C)C2)[C@H](c2ccccc2)C1. The number of nitrogens with one attached hydrogen (secondary N) is 1. The van der Waals surface area contributed by atoms with Crippen molar-refractivity contribution in [1.82, 2.24) is 19.7 Å². The van der Waals surface area contributed by atoms with Crippen molar-refractivity contribution < 1.29 is 14.3 Å². The number of carbonyl (C=O) groups is 2. The van der Waals surface area contributed by atoms with Crippen LogP contribution in [0.25, 0.3) is 11.1 Å². The highest BCUT2D eigenvalue weighted by Gasteiger charge is 2.41. The van der Waals surface area contributed by atoms with Crippen molar-refractivity contribution in [2.45, 2.75) is 78.1 Å². The van der Waals surface area contributed by atoms with E-state index >= 15 is 0 Å². The van der Waals surface area contributed by atoms with Gasteiger partial charge in [-0.15, -0.1) is 0 Å². The fraction of sp³-hybridized carbons (Fsp3) is 0.472. The third-order valence-corrected chi connectivity index (χ3v) is 9.00. The van der Waals surface area contributed by atoms with Crippen molar-refractivity contribution in [3.05, 3.63) is 94.9 Å². The van der Waals surface area contributed by atoms with E-state index in [0.29, 0.717) is 39.0 Å². The summed E-state index contributed by atoms with van der Waals surface area (Å²) in [6, 6.07) is 23.5. The van der Waals surface area contributed by atoms with Crippen LogP contribution in [0.1, 0.15) is 65.5 Å². The molecule has 1 unspecified atom stereocenters. The Morgan fingerprint density at radius 1 is 0.932 bits per heavy atom. The lowest BCUT2D eigenvalue weighted by Crippen LogP contribution is -2.56. The molecule has 2 saturated heterocycles. The standard InChI is InChI=1S/C36H46N4O4/c1-35(2,3)44-33(42)37-30-18-21-40(31(23-30)27-14-10-7-11-15-27)34(43)39-20-17-29(36(4,5)25-39)24-38-19-16-28(22-32(38)41)26-12-8-6-9-13-26/h6-16,19,22,29-31H,17-18,20-21,23-25H2,1-5H3,(H,37,42)/t29?,30-,31+/m1/s1. The van der Waals surface area contributed by atoms with Gasteiger partial charge in [0.2, 0.25) is 0 Å². The topological polar surface area (TPSA) is 83.9 Å². The zero-order valence-electron chi connectivity index (χ0n) is 26.7. The molecule has 2 fully saturated rings. The van der Waals surface area contributed by atoms with Gasteiger partial charge in [-0.1, -0.05) is 74.5 Å². The van der Waals surface area contributed by atoms with Gasteiger partial charge in [0.1, 0.15) is 5.60 Å². The number of hydrogen-bond acceptors (Lipinski definition) is 4. The lowest BCUT2D eigenvalue weighted by molar-refractivity contribution is 0.0337. The van der Waals surface area contributed by atoms with Crippen molar-refractivity contribution in [3.8, 4) is 11.1 Å². The maximum atomic E-state index is 14.1.